The molecule has 21 heavy (non-hydrogen) atoms. The lowest BCUT2D eigenvalue weighted by molar-refractivity contribution is 0.244. The van der Waals surface area contributed by atoms with Crippen LogP contribution in [0.1, 0.15) is 24.8 Å². The van der Waals surface area contributed by atoms with E-state index in [9.17, 15) is 5.11 Å². The van der Waals surface area contributed by atoms with Gasteiger partial charge in [-0.3, -0.25) is 0 Å². The van der Waals surface area contributed by atoms with Crippen molar-refractivity contribution in [2.24, 2.45) is 5.92 Å². The van der Waals surface area contributed by atoms with E-state index in [1.807, 2.05) is 30.3 Å². The second-order valence-corrected chi connectivity index (χ2v) is 5.78. The van der Waals surface area contributed by atoms with Gasteiger partial charge in [-0.1, -0.05) is 18.2 Å². The zero-order chi connectivity index (χ0) is 14.7. The van der Waals surface area contributed by atoms with Crippen molar-refractivity contribution in [3.05, 3.63) is 35.9 Å². The third-order valence-electron chi connectivity index (χ3n) is 4.34. The Morgan fingerprint density at radius 2 is 2.10 bits per heavy atom. The van der Waals surface area contributed by atoms with Crippen molar-refractivity contribution in [3.63, 3.8) is 0 Å². The summed E-state index contributed by atoms with van der Waals surface area (Å²) in [5.41, 5.74) is 1.86. The van der Waals surface area contributed by atoms with E-state index in [-0.39, 0.29) is 13.2 Å². The Balaban J connectivity index is 1.92. The van der Waals surface area contributed by atoms with E-state index in [1.54, 1.807) is 0 Å². The van der Waals surface area contributed by atoms with E-state index in [2.05, 4.69) is 4.90 Å². The van der Waals surface area contributed by atoms with Gasteiger partial charge in [-0.05, 0) is 42.9 Å². The lowest BCUT2D eigenvalue weighted by Crippen LogP contribution is -2.36. The number of nitrogens with zero attached hydrogens (tertiary/aromatic N) is 2. The van der Waals surface area contributed by atoms with Gasteiger partial charge in [-0.2, -0.15) is 0 Å². The number of hydrogen-bond donors (Lipinski definition) is 2. The largest absolute Gasteiger partial charge is 0.396 e. The van der Waals surface area contributed by atoms with Crippen LogP contribution in [-0.2, 0) is 6.61 Å². The Morgan fingerprint density at radius 3 is 2.90 bits per heavy atom. The lowest BCUT2D eigenvalue weighted by atomic mass is 9.95. The Bertz CT molecular complexity index is 613. The molecule has 2 heterocycles. The first kappa shape index (κ1) is 14.3. The smallest absolute Gasteiger partial charge is 0.129 e. The second-order valence-electron chi connectivity index (χ2n) is 5.78. The molecule has 1 saturated heterocycles. The van der Waals surface area contributed by atoms with Gasteiger partial charge in [0.25, 0.3) is 0 Å². The van der Waals surface area contributed by atoms with Crippen LogP contribution in [0.25, 0.3) is 10.9 Å². The maximum atomic E-state index is 9.62. The topological polar surface area (TPSA) is 56.6 Å². The van der Waals surface area contributed by atoms with Crippen LogP contribution < -0.4 is 4.90 Å². The van der Waals surface area contributed by atoms with Crippen LogP contribution in [0.5, 0.6) is 0 Å². The number of anilines is 1. The van der Waals surface area contributed by atoms with Gasteiger partial charge in [0.1, 0.15) is 5.82 Å². The van der Waals surface area contributed by atoms with Gasteiger partial charge >= 0.3 is 0 Å². The average molecular weight is 286 g/mol. The zero-order valence-corrected chi connectivity index (χ0v) is 12.2. The molecular weight excluding hydrogens is 264 g/mol. The van der Waals surface area contributed by atoms with Crippen LogP contribution >= 0.6 is 0 Å². The van der Waals surface area contributed by atoms with Gasteiger partial charge in [-0.15, -0.1) is 0 Å². The molecule has 1 unspecified atom stereocenters. The molecule has 2 aromatic rings. The first-order valence-corrected chi connectivity index (χ1v) is 7.67. The summed E-state index contributed by atoms with van der Waals surface area (Å²) in [7, 11) is 0. The highest BCUT2D eigenvalue weighted by Gasteiger charge is 2.21. The van der Waals surface area contributed by atoms with Crippen LogP contribution in [0.15, 0.2) is 30.3 Å². The van der Waals surface area contributed by atoms with E-state index in [1.165, 1.54) is 6.42 Å². The summed E-state index contributed by atoms with van der Waals surface area (Å²) in [4.78, 5) is 7.04. The molecule has 0 spiro atoms. The summed E-state index contributed by atoms with van der Waals surface area (Å²) < 4.78 is 0. The molecule has 0 radical (unpaired) electrons. The predicted molar refractivity (Wildman–Crippen MR) is 84.3 cm³/mol. The van der Waals surface area contributed by atoms with Gasteiger partial charge < -0.3 is 15.1 Å². The van der Waals surface area contributed by atoms with Crippen LogP contribution in [0, 0.1) is 5.92 Å². The molecule has 1 aromatic heterocycles. The minimum Gasteiger partial charge on any atom is -0.396 e. The van der Waals surface area contributed by atoms with Crippen molar-refractivity contribution >= 4 is 16.7 Å². The SMILES string of the molecule is OCCC1CCCN(c2cc(CO)c3ccccc3n2)C1. The zero-order valence-electron chi connectivity index (χ0n) is 12.2. The van der Waals surface area contributed by atoms with E-state index < -0.39 is 0 Å². The number of benzene rings is 1. The number of rotatable bonds is 4. The summed E-state index contributed by atoms with van der Waals surface area (Å²) in [5.74, 6) is 1.48. The predicted octanol–water partition coefficient (Wildman–Crippen LogP) is 2.33. The molecule has 0 bridgehead atoms. The molecule has 1 aromatic carbocycles. The van der Waals surface area contributed by atoms with Crippen molar-refractivity contribution in [2.75, 3.05) is 24.6 Å². The van der Waals surface area contributed by atoms with E-state index in [0.29, 0.717) is 5.92 Å². The Hall–Kier alpha value is -1.65. The number of aromatic nitrogens is 1. The fourth-order valence-electron chi connectivity index (χ4n) is 3.22. The Morgan fingerprint density at radius 1 is 1.24 bits per heavy atom. The number of hydrogen-bond acceptors (Lipinski definition) is 4. The quantitative estimate of drug-likeness (QED) is 0.905. The van der Waals surface area contributed by atoms with Crippen LogP contribution in [0.3, 0.4) is 0 Å². The van der Waals surface area contributed by atoms with Crippen LogP contribution in [-0.4, -0.2) is 34.9 Å². The molecule has 3 rings (SSSR count). The number of para-hydroxylation sites is 1. The monoisotopic (exact) mass is 286 g/mol. The maximum Gasteiger partial charge on any atom is 0.129 e. The summed E-state index contributed by atoms with van der Waals surface area (Å²) in [6, 6.07) is 9.95. The lowest BCUT2D eigenvalue weighted by Gasteiger charge is -2.33. The first-order chi connectivity index (χ1) is 10.3. The molecule has 0 saturated carbocycles. The van der Waals surface area contributed by atoms with Gasteiger partial charge in [0.05, 0.1) is 12.1 Å². The van der Waals surface area contributed by atoms with Crippen molar-refractivity contribution in [1.82, 2.24) is 4.98 Å². The number of aliphatic hydroxyl groups excluding tert-OH is 2. The maximum absolute atomic E-state index is 9.62. The molecule has 1 atom stereocenters. The van der Waals surface area contributed by atoms with E-state index in [4.69, 9.17) is 10.1 Å². The molecule has 1 aliphatic rings. The van der Waals surface area contributed by atoms with Crippen molar-refractivity contribution < 1.29 is 10.2 Å². The highest BCUT2D eigenvalue weighted by Crippen LogP contribution is 2.27. The van der Waals surface area contributed by atoms with Crippen molar-refractivity contribution in [2.45, 2.75) is 25.9 Å². The fourth-order valence-corrected chi connectivity index (χ4v) is 3.22. The minimum atomic E-state index is 0.0317. The highest BCUT2D eigenvalue weighted by molar-refractivity contribution is 5.84. The Labute approximate surface area is 125 Å². The molecule has 0 aliphatic carbocycles. The van der Waals surface area contributed by atoms with Crippen molar-refractivity contribution in [3.8, 4) is 0 Å². The molecule has 112 valence electrons. The molecule has 0 amide bonds. The summed E-state index contributed by atoms with van der Waals surface area (Å²) in [6.07, 6.45) is 3.17. The normalized spacial score (nSPS) is 19.1. The third-order valence-corrected chi connectivity index (χ3v) is 4.34. The molecular formula is C17H22N2O2. The molecule has 1 fully saturated rings. The van der Waals surface area contributed by atoms with Gasteiger partial charge in [0.2, 0.25) is 0 Å². The van der Waals surface area contributed by atoms with Crippen LogP contribution in [0.4, 0.5) is 5.82 Å². The van der Waals surface area contributed by atoms with Gasteiger partial charge in [0.15, 0.2) is 0 Å². The van der Waals surface area contributed by atoms with E-state index in [0.717, 1.165) is 48.2 Å². The molecule has 4 heteroatoms. The molecule has 2 N–H and O–H groups in total. The van der Waals surface area contributed by atoms with Crippen LogP contribution in [0.2, 0.25) is 0 Å². The summed E-state index contributed by atoms with van der Waals surface area (Å²) >= 11 is 0. The van der Waals surface area contributed by atoms with Crippen molar-refractivity contribution in [1.29, 1.82) is 0 Å². The second kappa shape index (κ2) is 6.41. The van der Waals surface area contributed by atoms with E-state index >= 15 is 0 Å². The number of pyridine rings is 1. The minimum absolute atomic E-state index is 0.0317. The Kier molecular flexibility index (Phi) is 4.36. The van der Waals surface area contributed by atoms with Gasteiger partial charge in [-0.25, -0.2) is 4.98 Å². The third kappa shape index (κ3) is 3.01. The molecule has 4 nitrogen and oxygen atoms in total. The first-order valence-electron chi connectivity index (χ1n) is 7.67. The standard InChI is InChI=1S/C17H22N2O2/c20-9-7-13-4-3-8-19(11-13)17-10-14(12-21)15-5-1-2-6-16(15)18-17/h1-2,5-6,10,13,20-21H,3-4,7-9,11-12H2. The van der Waals surface area contributed by atoms with Gasteiger partial charge in [0, 0.05) is 25.1 Å². The molecule has 1 aliphatic heterocycles. The number of piperidine rings is 1. The highest BCUT2D eigenvalue weighted by atomic mass is 16.3. The summed E-state index contributed by atoms with van der Waals surface area (Å²) in [6.45, 7) is 2.23. The summed E-state index contributed by atoms with van der Waals surface area (Å²) in [5, 5.41) is 19.8. The number of aliphatic hydroxyl groups is 2. The fraction of sp³-hybridized carbons (Fsp3) is 0.471. The average Bonchev–Trinajstić information content (AvgIpc) is 2.54. The number of fused-ring (bicyclic) bond motifs is 1.